The minimum absolute atomic E-state index is 0.0496. The first kappa shape index (κ1) is 10.6. The highest BCUT2D eigenvalue weighted by molar-refractivity contribution is 9.10. The Morgan fingerprint density at radius 1 is 1.46 bits per heavy atom. The molecule has 0 aliphatic heterocycles. The predicted molar refractivity (Wildman–Crippen MR) is 57.2 cm³/mol. The van der Waals surface area contributed by atoms with Gasteiger partial charge in [0, 0.05) is 22.9 Å². The molecule has 0 spiro atoms. The number of hydrogen-bond donors (Lipinski definition) is 2. The van der Waals surface area contributed by atoms with Crippen LogP contribution in [0.15, 0.2) is 22.9 Å². The summed E-state index contributed by atoms with van der Waals surface area (Å²) in [6, 6.07) is 2.04. The summed E-state index contributed by atoms with van der Waals surface area (Å²) < 4.78 is 0.966. The Labute approximate surface area is 86.7 Å². The van der Waals surface area contributed by atoms with E-state index in [1.54, 1.807) is 12.4 Å². The van der Waals surface area contributed by atoms with Crippen molar-refractivity contribution in [2.24, 2.45) is 11.5 Å². The molecule has 1 heterocycles. The highest BCUT2D eigenvalue weighted by Gasteiger charge is 2.05. The average Bonchev–Trinajstić information content (AvgIpc) is 2.14. The zero-order valence-corrected chi connectivity index (χ0v) is 9.00. The lowest BCUT2D eigenvalue weighted by atomic mass is 10.1. The summed E-state index contributed by atoms with van der Waals surface area (Å²) in [5.74, 6) is 0. The molecule has 72 valence electrons. The Bertz CT molecular complexity index is 265. The maximum Gasteiger partial charge on any atom is 0.0410 e. The second-order valence-electron chi connectivity index (χ2n) is 2.97. The molecule has 1 aromatic heterocycles. The van der Waals surface area contributed by atoms with Crippen molar-refractivity contribution < 1.29 is 0 Å². The lowest BCUT2D eigenvalue weighted by Crippen LogP contribution is -2.12. The van der Waals surface area contributed by atoms with Gasteiger partial charge in [0.2, 0.25) is 0 Å². The zero-order valence-electron chi connectivity index (χ0n) is 7.41. The standard InChI is InChI=1S/C9H14BrN3/c10-8-4-7(5-13-6-8)9(12)2-1-3-11/h4-6,9H,1-3,11-12H2/t9-/m0/s1. The molecule has 0 amide bonds. The highest BCUT2D eigenvalue weighted by atomic mass is 79.9. The number of rotatable bonds is 4. The predicted octanol–water partition coefficient (Wildman–Crippen LogP) is 1.58. The van der Waals surface area contributed by atoms with Gasteiger partial charge in [-0.15, -0.1) is 0 Å². The number of halogens is 1. The van der Waals surface area contributed by atoms with Crippen LogP contribution in [-0.2, 0) is 0 Å². The number of hydrogen-bond acceptors (Lipinski definition) is 3. The molecule has 4 N–H and O–H groups in total. The van der Waals surface area contributed by atoms with Crippen LogP contribution in [0.4, 0.5) is 0 Å². The van der Waals surface area contributed by atoms with Crippen LogP contribution in [0.5, 0.6) is 0 Å². The fraction of sp³-hybridized carbons (Fsp3) is 0.444. The molecule has 0 aliphatic rings. The summed E-state index contributed by atoms with van der Waals surface area (Å²) in [7, 11) is 0. The third-order valence-corrected chi connectivity index (χ3v) is 2.31. The van der Waals surface area contributed by atoms with E-state index in [2.05, 4.69) is 20.9 Å². The van der Waals surface area contributed by atoms with Gasteiger partial charge in [-0.25, -0.2) is 0 Å². The molecular weight excluding hydrogens is 230 g/mol. The van der Waals surface area contributed by atoms with E-state index >= 15 is 0 Å². The molecule has 0 radical (unpaired) electrons. The summed E-state index contributed by atoms with van der Waals surface area (Å²) in [6.45, 7) is 0.690. The average molecular weight is 244 g/mol. The molecule has 13 heavy (non-hydrogen) atoms. The van der Waals surface area contributed by atoms with E-state index in [0.29, 0.717) is 6.54 Å². The van der Waals surface area contributed by atoms with Crippen LogP contribution in [0.1, 0.15) is 24.4 Å². The molecule has 4 heteroatoms. The Balaban J connectivity index is 2.60. The SMILES string of the molecule is NCCC[C@H](N)c1cncc(Br)c1. The van der Waals surface area contributed by atoms with Gasteiger partial charge in [0.1, 0.15) is 0 Å². The third-order valence-electron chi connectivity index (χ3n) is 1.87. The van der Waals surface area contributed by atoms with Crippen LogP contribution in [0, 0.1) is 0 Å². The van der Waals surface area contributed by atoms with Gasteiger partial charge in [-0.3, -0.25) is 4.98 Å². The molecular formula is C9H14BrN3. The van der Waals surface area contributed by atoms with Gasteiger partial charge in [-0.1, -0.05) is 0 Å². The molecule has 1 rings (SSSR count). The Hall–Kier alpha value is -0.450. The van der Waals surface area contributed by atoms with Gasteiger partial charge in [0.15, 0.2) is 0 Å². The first-order valence-electron chi connectivity index (χ1n) is 4.30. The maximum atomic E-state index is 5.93. The summed E-state index contributed by atoms with van der Waals surface area (Å²) in [5, 5.41) is 0. The maximum absolute atomic E-state index is 5.93. The van der Waals surface area contributed by atoms with Gasteiger partial charge in [-0.2, -0.15) is 0 Å². The molecule has 1 atom stereocenters. The van der Waals surface area contributed by atoms with Crippen molar-refractivity contribution in [2.75, 3.05) is 6.54 Å². The van der Waals surface area contributed by atoms with Crippen molar-refractivity contribution in [3.05, 3.63) is 28.5 Å². The third kappa shape index (κ3) is 3.42. The van der Waals surface area contributed by atoms with Gasteiger partial charge in [0.05, 0.1) is 0 Å². The largest absolute Gasteiger partial charge is 0.330 e. The fourth-order valence-corrected chi connectivity index (χ4v) is 1.52. The second kappa shape index (κ2) is 5.32. The first-order valence-corrected chi connectivity index (χ1v) is 5.09. The molecule has 0 bridgehead atoms. The van der Waals surface area contributed by atoms with Gasteiger partial charge in [0.25, 0.3) is 0 Å². The van der Waals surface area contributed by atoms with E-state index in [1.165, 1.54) is 0 Å². The van der Waals surface area contributed by atoms with Crippen molar-refractivity contribution in [1.29, 1.82) is 0 Å². The summed E-state index contributed by atoms with van der Waals surface area (Å²) >= 11 is 3.36. The molecule has 0 fully saturated rings. The van der Waals surface area contributed by atoms with E-state index < -0.39 is 0 Å². The Kier molecular flexibility index (Phi) is 4.35. The summed E-state index contributed by atoms with van der Waals surface area (Å²) in [6.07, 6.45) is 5.41. The van der Waals surface area contributed by atoms with Crippen molar-refractivity contribution in [1.82, 2.24) is 4.98 Å². The summed E-state index contributed by atoms with van der Waals surface area (Å²) in [5.41, 5.74) is 12.4. The van der Waals surface area contributed by atoms with E-state index in [4.69, 9.17) is 11.5 Å². The monoisotopic (exact) mass is 243 g/mol. The molecule has 0 saturated heterocycles. The van der Waals surface area contributed by atoms with Crippen molar-refractivity contribution in [3.8, 4) is 0 Å². The van der Waals surface area contributed by atoms with Crippen LogP contribution in [-0.4, -0.2) is 11.5 Å². The Morgan fingerprint density at radius 3 is 2.85 bits per heavy atom. The van der Waals surface area contributed by atoms with Crippen LogP contribution < -0.4 is 11.5 Å². The van der Waals surface area contributed by atoms with Crippen LogP contribution in [0.3, 0.4) is 0 Å². The van der Waals surface area contributed by atoms with Crippen LogP contribution in [0.25, 0.3) is 0 Å². The minimum atomic E-state index is 0.0496. The molecule has 3 nitrogen and oxygen atoms in total. The molecule has 0 aromatic carbocycles. The quantitative estimate of drug-likeness (QED) is 0.845. The number of nitrogens with zero attached hydrogens (tertiary/aromatic N) is 1. The van der Waals surface area contributed by atoms with Gasteiger partial charge < -0.3 is 11.5 Å². The molecule has 0 saturated carbocycles. The smallest absolute Gasteiger partial charge is 0.0410 e. The molecule has 1 aromatic rings. The van der Waals surface area contributed by atoms with Gasteiger partial charge >= 0.3 is 0 Å². The first-order chi connectivity index (χ1) is 6.24. The van der Waals surface area contributed by atoms with Crippen molar-refractivity contribution >= 4 is 15.9 Å². The molecule has 0 unspecified atom stereocenters. The lowest BCUT2D eigenvalue weighted by Gasteiger charge is -2.10. The second-order valence-corrected chi connectivity index (χ2v) is 3.89. The van der Waals surface area contributed by atoms with E-state index in [1.807, 2.05) is 6.07 Å². The van der Waals surface area contributed by atoms with Gasteiger partial charge in [-0.05, 0) is 46.9 Å². The van der Waals surface area contributed by atoms with Crippen LogP contribution >= 0.6 is 15.9 Å². The van der Waals surface area contributed by atoms with E-state index in [9.17, 15) is 0 Å². The number of aromatic nitrogens is 1. The number of pyridine rings is 1. The summed E-state index contributed by atoms with van der Waals surface area (Å²) in [4.78, 5) is 4.06. The fourth-order valence-electron chi connectivity index (χ4n) is 1.14. The topological polar surface area (TPSA) is 64.9 Å². The van der Waals surface area contributed by atoms with Crippen molar-refractivity contribution in [3.63, 3.8) is 0 Å². The lowest BCUT2D eigenvalue weighted by molar-refractivity contribution is 0.616. The van der Waals surface area contributed by atoms with E-state index in [-0.39, 0.29) is 6.04 Å². The molecule has 0 aliphatic carbocycles. The Morgan fingerprint density at radius 2 is 2.23 bits per heavy atom. The number of nitrogens with two attached hydrogens (primary N) is 2. The normalized spacial score (nSPS) is 12.8. The van der Waals surface area contributed by atoms with Crippen LogP contribution in [0.2, 0.25) is 0 Å². The minimum Gasteiger partial charge on any atom is -0.330 e. The zero-order chi connectivity index (χ0) is 9.68. The van der Waals surface area contributed by atoms with E-state index in [0.717, 1.165) is 22.9 Å². The highest BCUT2D eigenvalue weighted by Crippen LogP contribution is 2.17. The van der Waals surface area contributed by atoms with Crippen molar-refractivity contribution in [2.45, 2.75) is 18.9 Å².